The Morgan fingerprint density at radius 2 is 1.60 bits per heavy atom. The van der Waals surface area contributed by atoms with Crippen molar-refractivity contribution < 1.29 is 13.2 Å². The monoisotopic (exact) mass is 283 g/mol. The molecule has 0 aliphatic rings. The van der Waals surface area contributed by atoms with E-state index in [-0.39, 0.29) is 23.3 Å². The van der Waals surface area contributed by atoms with Crippen LogP contribution in [0, 0.1) is 17.5 Å². The van der Waals surface area contributed by atoms with E-state index in [4.69, 9.17) is 0 Å². The van der Waals surface area contributed by atoms with Crippen LogP contribution in [0.2, 0.25) is 0 Å². The number of hydrogen-bond acceptors (Lipinski definition) is 5. The Bertz CT molecular complexity index is 645. The molecular weight excluding hydrogens is 271 g/mol. The summed E-state index contributed by atoms with van der Waals surface area (Å²) in [5.74, 6) is -2.99. The van der Waals surface area contributed by atoms with Crippen LogP contribution in [-0.2, 0) is 0 Å². The van der Waals surface area contributed by atoms with Crippen LogP contribution < -0.4 is 10.2 Å². The van der Waals surface area contributed by atoms with Crippen molar-refractivity contribution in [2.24, 2.45) is 0 Å². The first-order valence-corrected chi connectivity index (χ1v) is 5.68. The molecule has 20 heavy (non-hydrogen) atoms. The van der Waals surface area contributed by atoms with Gasteiger partial charge in [0.25, 0.3) is 0 Å². The zero-order valence-corrected chi connectivity index (χ0v) is 11.1. The summed E-state index contributed by atoms with van der Waals surface area (Å²) in [4.78, 5) is 13.6. The van der Waals surface area contributed by atoms with Crippen LogP contribution in [0.3, 0.4) is 0 Å². The third-order valence-electron chi connectivity index (χ3n) is 2.50. The van der Waals surface area contributed by atoms with Gasteiger partial charge in [-0.15, -0.1) is 0 Å². The maximum Gasteiger partial charge on any atom is 0.230 e. The van der Waals surface area contributed by atoms with Gasteiger partial charge in [0.1, 0.15) is 5.82 Å². The lowest BCUT2D eigenvalue weighted by Gasteiger charge is -2.13. The third-order valence-corrected chi connectivity index (χ3v) is 2.50. The molecule has 1 aromatic carbocycles. The summed E-state index contributed by atoms with van der Waals surface area (Å²) in [5.41, 5.74) is -0.231. The summed E-state index contributed by atoms with van der Waals surface area (Å²) >= 11 is 0. The Morgan fingerprint density at radius 3 is 2.20 bits per heavy atom. The molecule has 1 aromatic heterocycles. The van der Waals surface area contributed by atoms with Crippen molar-refractivity contribution in [3.05, 3.63) is 29.6 Å². The third kappa shape index (κ3) is 2.63. The van der Waals surface area contributed by atoms with Crippen molar-refractivity contribution >= 4 is 11.9 Å². The van der Waals surface area contributed by atoms with Crippen LogP contribution in [-0.4, -0.2) is 36.1 Å². The van der Waals surface area contributed by atoms with Gasteiger partial charge in [-0.3, -0.25) is 0 Å². The van der Waals surface area contributed by atoms with Gasteiger partial charge in [0.05, 0.1) is 5.56 Å². The van der Waals surface area contributed by atoms with Gasteiger partial charge in [-0.05, 0) is 6.07 Å². The van der Waals surface area contributed by atoms with Gasteiger partial charge in [0.2, 0.25) is 11.9 Å². The molecule has 0 saturated carbocycles. The van der Waals surface area contributed by atoms with Gasteiger partial charge in [-0.1, -0.05) is 0 Å². The number of benzene rings is 1. The fourth-order valence-electron chi connectivity index (χ4n) is 1.49. The molecule has 2 aromatic rings. The molecule has 0 saturated heterocycles. The van der Waals surface area contributed by atoms with Crippen molar-refractivity contribution in [2.75, 3.05) is 31.4 Å². The molecule has 0 radical (unpaired) electrons. The highest BCUT2D eigenvalue weighted by molar-refractivity contribution is 5.59. The van der Waals surface area contributed by atoms with Crippen molar-refractivity contribution in [3.8, 4) is 11.4 Å². The molecule has 0 fully saturated rings. The van der Waals surface area contributed by atoms with E-state index in [1.54, 1.807) is 26.0 Å². The van der Waals surface area contributed by atoms with Crippen molar-refractivity contribution in [2.45, 2.75) is 0 Å². The Morgan fingerprint density at radius 1 is 0.950 bits per heavy atom. The minimum absolute atomic E-state index is 0.0792. The highest BCUT2D eigenvalue weighted by atomic mass is 19.2. The topological polar surface area (TPSA) is 53.9 Å². The molecule has 0 aliphatic heterocycles. The number of halogens is 3. The van der Waals surface area contributed by atoms with E-state index in [2.05, 4.69) is 20.3 Å². The van der Waals surface area contributed by atoms with E-state index in [9.17, 15) is 13.2 Å². The van der Waals surface area contributed by atoms with E-state index in [1.165, 1.54) is 0 Å². The molecule has 0 atom stereocenters. The molecule has 0 aliphatic carbocycles. The van der Waals surface area contributed by atoms with Crippen LogP contribution in [0.4, 0.5) is 25.1 Å². The molecule has 5 nitrogen and oxygen atoms in total. The molecule has 1 N–H and O–H groups in total. The van der Waals surface area contributed by atoms with Gasteiger partial charge in [-0.2, -0.15) is 15.0 Å². The lowest BCUT2D eigenvalue weighted by atomic mass is 10.2. The maximum atomic E-state index is 13.7. The van der Waals surface area contributed by atoms with E-state index in [0.29, 0.717) is 6.07 Å². The second kappa shape index (κ2) is 5.32. The highest BCUT2D eigenvalue weighted by Gasteiger charge is 2.16. The van der Waals surface area contributed by atoms with Gasteiger partial charge in [0, 0.05) is 27.2 Å². The normalized spacial score (nSPS) is 10.5. The predicted molar refractivity (Wildman–Crippen MR) is 69.0 cm³/mol. The minimum atomic E-state index is -1.26. The minimum Gasteiger partial charge on any atom is -0.357 e. The maximum absolute atomic E-state index is 13.7. The molecule has 2 rings (SSSR count). The second-order valence-electron chi connectivity index (χ2n) is 4.17. The standard InChI is InChI=1S/C12H12F3N5/c1-16-11-17-10(18-12(19-11)20(2)3)6-4-8(14)9(15)5-7(6)13/h4-5H,1-3H3,(H,16,17,18,19). The van der Waals surface area contributed by atoms with Crippen LogP contribution in [0.25, 0.3) is 11.4 Å². The number of hydrogen-bond donors (Lipinski definition) is 1. The van der Waals surface area contributed by atoms with Gasteiger partial charge < -0.3 is 10.2 Å². The highest BCUT2D eigenvalue weighted by Crippen LogP contribution is 2.24. The number of anilines is 2. The van der Waals surface area contributed by atoms with Gasteiger partial charge >= 0.3 is 0 Å². The average molecular weight is 283 g/mol. The lowest BCUT2D eigenvalue weighted by Crippen LogP contribution is -2.15. The van der Waals surface area contributed by atoms with Crippen molar-refractivity contribution in [3.63, 3.8) is 0 Å². The van der Waals surface area contributed by atoms with Crippen LogP contribution in [0.5, 0.6) is 0 Å². The molecule has 0 spiro atoms. The largest absolute Gasteiger partial charge is 0.357 e. The van der Waals surface area contributed by atoms with Crippen molar-refractivity contribution in [1.82, 2.24) is 15.0 Å². The molecule has 0 bridgehead atoms. The number of rotatable bonds is 3. The quantitative estimate of drug-likeness (QED) is 0.874. The number of nitrogens with zero attached hydrogens (tertiary/aromatic N) is 4. The van der Waals surface area contributed by atoms with Gasteiger partial charge in [0.15, 0.2) is 17.5 Å². The molecule has 0 unspecified atom stereocenters. The summed E-state index contributed by atoms with van der Waals surface area (Å²) < 4.78 is 39.9. The fraction of sp³-hybridized carbons (Fsp3) is 0.250. The van der Waals surface area contributed by atoms with E-state index in [1.807, 2.05) is 0 Å². The van der Waals surface area contributed by atoms with E-state index >= 15 is 0 Å². The Labute approximate surface area is 113 Å². The smallest absolute Gasteiger partial charge is 0.230 e. The van der Waals surface area contributed by atoms with Crippen molar-refractivity contribution in [1.29, 1.82) is 0 Å². The van der Waals surface area contributed by atoms with Gasteiger partial charge in [-0.25, -0.2) is 13.2 Å². The zero-order valence-electron chi connectivity index (χ0n) is 11.1. The summed E-state index contributed by atoms with van der Waals surface area (Å²) in [7, 11) is 4.97. The first-order chi connectivity index (χ1) is 9.42. The predicted octanol–water partition coefficient (Wildman–Crippen LogP) is 2.06. The number of nitrogens with one attached hydrogen (secondary N) is 1. The lowest BCUT2D eigenvalue weighted by molar-refractivity contribution is 0.496. The molecule has 8 heteroatoms. The molecule has 0 amide bonds. The SMILES string of the molecule is CNc1nc(-c2cc(F)c(F)cc2F)nc(N(C)C)n1. The molecule has 1 heterocycles. The van der Waals surface area contributed by atoms with Crippen LogP contribution in [0.1, 0.15) is 0 Å². The number of aromatic nitrogens is 3. The summed E-state index contributed by atoms with van der Waals surface area (Å²) in [5, 5.41) is 2.70. The van der Waals surface area contributed by atoms with Crippen LogP contribution >= 0.6 is 0 Å². The summed E-state index contributed by atoms with van der Waals surface area (Å²) in [6.07, 6.45) is 0. The summed E-state index contributed by atoms with van der Waals surface area (Å²) in [6.45, 7) is 0. The average Bonchev–Trinajstić information content (AvgIpc) is 2.42. The Kier molecular flexibility index (Phi) is 3.73. The van der Waals surface area contributed by atoms with E-state index < -0.39 is 17.5 Å². The summed E-state index contributed by atoms with van der Waals surface area (Å²) in [6, 6.07) is 1.18. The van der Waals surface area contributed by atoms with E-state index in [0.717, 1.165) is 6.07 Å². The first kappa shape index (κ1) is 14.0. The molecule has 106 valence electrons. The Balaban J connectivity index is 2.62. The molecular formula is C12H12F3N5. The Hall–Kier alpha value is -2.38. The second-order valence-corrected chi connectivity index (χ2v) is 4.17. The fourth-order valence-corrected chi connectivity index (χ4v) is 1.49. The first-order valence-electron chi connectivity index (χ1n) is 5.68. The van der Waals surface area contributed by atoms with Crippen LogP contribution in [0.15, 0.2) is 12.1 Å². The zero-order chi connectivity index (χ0) is 14.9.